The summed E-state index contributed by atoms with van der Waals surface area (Å²) in [7, 11) is 0. The van der Waals surface area contributed by atoms with E-state index in [1.165, 1.54) is 25.9 Å². The van der Waals surface area contributed by atoms with Gasteiger partial charge >= 0.3 is 0 Å². The minimum atomic E-state index is 0.898. The van der Waals surface area contributed by atoms with Gasteiger partial charge in [0.25, 0.3) is 0 Å². The average molecular weight is 212 g/mol. The molecule has 0 amide bonds. The van der Waals surface area contributed by atoms with Crippen molar-refractivity contribution in [2.75, 3.05) is 52.4 Å². The van der Waals surface area contributed by atoms with Crippen LogP contribution in [0.5, 0.6) is 0 Å². The Bertz CT molecular complexity index is 158. The monoisotopic (exact) mass is 212 g/mol. The topological polar surface area (TPSA) is 39.3 Å². The summed E-state index contributed by atoms with van der Waals surface area (Å²) in [5, 5.41) is 10.4. The predicted octanol–water partition coefficient (Wildman–Crippen LogP) is -0.767. The quantitative estimate of drug-likeness (QED) is 0.534. The summed E-state index contributed by atoms with van der Waals surface area (Å²) >= 11 is 0. The summed E-state index contributed by atoms with van der Waals surface area (Å²) in [4.78, 5) is 2.63. The Morgan fingerprint density at radius 1 is 0.667 bits per heavy atom. The Kier molecular flexibility index (Phi) is 4.86. The molecule has 88 valence electrons. The highest BCUT2D eigenvalue weighted by atomic mass is 15.2. The first-order valence-corrected chi connectivity index (χ1v) is 6.33. The number of nitrogens with one attached hydrogen (secondary N) is 3. The van der Waals surface area contributed by atoms with E-state index in [1.54, 1.807) is 0 Å². The van der Waals surface area contributed by atoms with Gasteiger partial charge in [0.1, 0.15) is 0 Å². The molecule has 0 bridgehead atoms. The Morgan fingerprint density at radius 3 is 1.60 bits per heavy atom. The molecule has 0 atom stereocenters. The van der Waals surface area contributed by atoms with Crippen LogP contribution in [0.2, 0.25) is 0 Å². The van der Waals surface area contributed by atoms with Crippen LogP contribution in [0, 0.1) is 0 Å². The fraction of sp³-hybridized carbons (Fsp3) is 1.00. The van der Waals surface area contributed by atoms with Crippen LogP contribution in [0.25, 0.3) is 0 Å². The lowest BCUT2D eigenvalue weighted by Gasteiger charge is -2.23. The van der Waals surface area contributed by atoms with E-state index in [2.05, 4.69) is 20.9 Å². The second-order valence-corrected chi connectivity index (χ2v) is 4.52. The Hall–Kier alpha value is -0.160. The molecule has 1 saturated carbocycles. The van der Waals surface area contributed by atoms with Gasteiger partial charge in [0.15, 0.2) is 0 Å². The van der Waals surface area contributed by atoms with Crippen molar-refractivity contribution in [3.8, 4) is 0 Å². The van der Waals surface area contributed by atoms with Crippen LogP contribution in [0.1, 0.15) is 12.8 Å². The van der Waals surface area contributed by atoms with Gasteiger partial charge in [-0.25, -0.2) is 0 Å². The molecule has 2 fully saturated rings. The lowest BCUT2D eigenvalue weighted by atomic mass is 10.4. The first-order chi connectivity index (χ1) is 7.47. The zero-order valence-corrected chi connectivity index (χ0v) is 9.60. The normalized spacial score (nSPS) is 28.0. The van der Waals surface area contributed by atoms with Gasteiger partial charge in [-0.05, 0) is 12.8 Å². The molecule has 0 unspecified atom stereocenters. The molecule has 0 aromatic rings. The van der Waals surface area contributed by atoms with Gasteiger partial charge in [-0.2, -0.15) is 0 Å². The van der Waals surface area contributed by atoms with Crippen molar-refractivity contribution < 1.29 is 0 Å². The molecule has 0 aromatic carbocycles. The Balaban J connectivity index is 1.69. The van der Waals surface area contributed by atoms with Gasteiger partial charge in [0.05, 0.1) is 0 Å². The molecule has 3 N–H and O–H groups in total. The van der Waals surface area contributed by atoms with Crippen molar-refractivity contribution in [2.45, 2.75) is 18.9 Å². The minimum absolute atomic E-state index is 0.898. The van der Waals surface area contributed by atoms with Crippen molar-refractivity contribution in [1.29, 1.82) is 0 Å². The summed E-state index contributed by atoms with van der Waals surface area (Å²) in [5.74, 6) is 0. The van der Waals surface area contributed by atoms with Gasteiger partial charge in [-0.1, -0.05) is 0 Å². The molecule has 4 heteroatoms. The fourth-order valence-corrected chi connectivity index (χ4v) is 2.09. The molecule has 0 spiro atoms. The lowest BCUT2D eigenvalue weighted by molar-refractivity contribution is 0.261. The van der Waals surface area contributed by atoms with Crippen LogP contribution in [0.15, 0.2) is 0 Å². The second-order valence-electron chi connectivity index (χ2n) is 4.52. The minimum Gasteiger partial charge on any atom is -0.314 e. The molecule has 2 rings (SSSR count). The molecule has 0 radical (unpaired) electrons. The maximum Gasteiger partial charge on any atom is 0.0110 e. The number of hydrogen-bond acceptors (Lipinski definition) is 4. The predicted molar refractivity (Wildman–Crippen MR) is 63.2 cm³/mol. The average Bonchev–Trinajstić information content (AvgIpc) is 3.02. The fourth-order valence-electron chi connectivity index (χ4n) is 2.09. The molecule has 2 aliphatic rings. The molecule has 1 heterocycles. The summed E-state index contributed by atoms with van der Waals surface area (Å²) in [6.45, 7) is 9.07. The van der Waals surface area contributed by atoms with Crippen LogP contribution in [-0.2, 0) is 0 Å². The van der Waals surface area contributed by atoms with Crippen LogP contribution >= 0.6 is 0 Å². The van der Waals surface area contributed by atoms with Crippen LogP contribution in [0.3, 0.4) is 0 Å². The molecular formula is C11H24N4. The molecule has 4 nitrogen and oxygen atoms in total. The summed E-state index contributed by atoms with van der Waals surface area (Å²) in [6.07, 6.45) is 2.84. The Morgan fingerprint density at radius 2 is 1.13 bits per heavy atom. The summed E-state index contributed by atoms with van der Waals surface area (Å²) < 4.78 is 0. The smallest absolute Gasteiger partial charge is 0.0110 e. The molecule has 1 aliphatic heterocycles. The largest absolute Gasteiger partial charge is 0.314 e. The zero-order chi connectivity index (χ0) is 10.3. The highest BCUT2D eigenvalue weighted by molar-refractivity contribution is 4.85. The summed E-state index contributed by atoms with van der Waals surface area (Å²) in [6, 6.07) is 0.898. The van der Waals surface area contributed by atoms with E-state index < -0.39 is 0 Å². The first-order valence-electron chi connectivity index (χ1n) is 6.33. The van der Waals surface area contributed by atoms with E-state index in [4.69, 9.17) is 0 Å². The van der Waals surface area contributed by atoms with Gasteiger partial charge in [-0.3, -0.25) is 4.90 Å². The third kappa shape index (κ3) is 4.47. The van der Waals surface area contributed by atoms with Gasteiger partial charge in [-0.15, -0.1) is 0 Å². The highest BCUT2D eigenvalue weighted by Gasteiger charge is 2.27. The molecule has 1 aliphatic carbocycles. The second kappa shape index (κ2) is 6.43. The maximum atomic E-state index is 3.49. The van der Waals surface area contributed by atoms with Crippen molar-refractivity contribution in [3.05, 3.63) is 0 Å². The van der Waals surface area contributed by atoms with E-state index in [9.17, 15) is 0 Å². The zero-order valence-electron chi connectivity index (χ0n) is 9.60. The van der Waals surface area contributed by atoms with E-state index in [0.29, 0.717) is 0 Å². The van der Waals surface area contributed by atoms with E-state index in [0.717, 1.165) is 45.3 Å². The van der Waals surface area contributed by atoms with Crippen LogP contribution < -0.4 is 16.0 Å². The van der Waals surface area contributed by atoms with E-state index >= 15 is 0 Å². The third-order valence-corrected chi connectivity index (χ3v) is 3.17. The summed E-state index contributed by atoms with van der Waals surface area (Å²) in [5.41, 5.74) is 0. The van der Waals surface area contributed by atoms with E-state index in [1.807, 2.05) is 0 Å². The molecule has 1 saturated heterocycles. The van der Waals surface area contributed by atoms with Crippen LogP contribution in [0.4, 0.5) is 0 Å². The molecular weight excluding hydrogens is 188 g/mol. The van der Waals surface area contributed by atoms with Gasteiger partial charge in [0, 0.05) is 58.4 Å². The van der Waals surface area contributed by atoms with Gasteiger partial charge in [0.2, 0.25) is 0 Å². The van der Waals surface area contributed by atoms with Crippen molar-refractivity contribution in [3.63, 3.8) is 0 Å². The van der Waals surface area contributed by atoms with Crippen molar-refractivity contribution in [2.24, 2.45) is 0 Å². The maximum absolute atomic E-state index is 3.49. The number of hydrogen-bond donors (Lipinski definition) is 3. The number of rotatable bonds is 1. The number of nitrogens with zero attached hydrogens (tertiary/aromatic N) is 1. The molecule has 0 aromatic heterocycles. The first kappa shape index (κ1) is 11.3. The lowest BCUT2D eigenvalue weighted by Crippen LogP contribution is -2.42. The van der Waals surface area contributed by atoms with Crippen LogP contribution in [-0.4, -0.2) is 63.3 Å². The SMILES string of the molecule is C1CNCCN(C2CC2)CCNCCN1. The van der Waals surface area contributed by atoms with Crippen molar-refractivity contribution in [1.82, 2.24) is 20.9 Å². The standard InChI is InChI=1S/C11H24N4/c1-2-11(1)15-9-7-13-5-3-12-4-6-14-8-10-15/h11-14H,1-10H2. The third-order valence-electron chi connectivity index (χ3n) is 3.17. The van der Waals surface area contributed by atoms with Gasteiger partial charge < -0.3 is 16.0 Å². The molecule has 15 heavy (non-hydrogen) atoms. The van der Waals surface area contributed by atoms with Crippen molar-refractivity contribution >= 4 is 0 Å². The van der Waals surface area contributed by atoms with E-state index in [-0.39, 0.29) is 0 Å². The Labute approximate surface area is 92.8 Å². The highest BCUT2D eigenvalue weighted by Crippen LogP contribution is 2.25.